The van der Waals surface area contributed by atoms with Gasteiger partial charge in [0, 0.05) is 45.3 Å². The second-order valence-electron chi connectivity index (χ2n) is 6.61. The minimum Gasteiger partial charge on any atom is -0.495 e. The molecule has 0 aliphatic carbocycles. The van der Waals surface area contributed by atoms with Crippen LogP contribution >= 0.6 is 0 Å². The molecule has 2 saturated heterocycles. The first kappa shape index (κ1) is 17.5. The molecular formula is C18H26N4O3. The lowest BCUT2D eigenvalue weighted by Crippen LogP contribution is -2.57. The fourth-order valence-electron chi connectivity index (χ4n) is 3.81. The van der Waals surface area contributed by atoms with E-state index in [4.69, 9.17) is 10.5 Å². The van der Waals surface area contributed by atoms with Crippen LogP contribution in [-0.4, -0.2) is 74.0 Å². The van der Waals surface area contributed by atoms with E-state index in [0.29, 0.717) is 19.1 Å². The van der Waals surface area contributed by atoms with Gasteiger partial charge in [-0.1, -0.05) is 12.1 Å². The Morgan fingerprint density at radius 2 is 1.84 bits per heavy atom. The van der Waals surface area contributed by atoms with E-state index in [9.17, 15) is 9.59 Å². The number of carbonyl (C=O) groups excluding carboxylic acids is 2. The largest absolute Gasteiger partial charge is 0.495 e. The second-order valence-corrected chi connectivity index (χ2v) is 6.61. The number of nitrogens with zero attached hydrogens (tertiary/aromatic N) is 3. The van der Waals surface area contributed by atoms with Gasteiger partial charge in [0.25, 0.3) is 0 Å². The van der Waals surface area contributed by atoms with Gasteiger partial charge < -0.3 is 20.3 Å². The second kappa shape index (κ2) is 7.74. The maximum Gasteiger partial charge on any atom is 0.311 e. The van der Waals surface area contributed by atoms with Crippen LogP contribution in [0.25, 0.3) is 0 Å². The van der Waals surface area contributed by atoms with Crippen molar-refractivity contribution >= 4 is 17.5 Å². The number of ether oxygens (including phenoxy) is 1. The zero-order chi connectivity index (χ0) is 17.8. The maximum absolute atomic E-state index is 11.8. The zero-order valence-electron chi connectivity index (χ0n) is 14.7. The lowest BCUT2D eigenvalue weighted by molar-refractivity contribution is -0.145. The molecule has 0 saturated carbocycles. The van der Waals surface area contributed by atoms with Crippen LogP contribution in [0.5, 0.6) is 5.75 Å². The maximum atomic E-state index is 11.8. The highest BCUT2D eigenvalue weighted by molar-refractivity contribution is 6.34. The SMILES string of the molecule is COc1ccccc1N1CCN([C@@H]2CCCN(C(=O)C(N)=O)C2)CC1. The number of anilines is 1. The number of piperidine rings is 1. The summed E-state index contributed by atoms with van der Waals surface area (Å²) in [5, 5.41) is 0. The average molecular weight is 346 g/mol. The van der Waals surface area contributed by atoms with Gasteiger partial charge in [-0.3, -0.25) is 14.5 Å². The Bertz CT molecular complexity index is 629. The van der Waals surface area contributed by atoms with Crippen molar-refractivity contribution in [3.05, 3.63) is 24.3 Å². The molecule has 2 aliphatic heterocycles. The number of amides is 2. The van der Waals surface area contributed by atoms with Gasteiger partial charge in [-0.2, -0.15) is 0 Å². The number of primary amides is 1. The molecule has 0 spiro atoms. The molecule has 0 unspecified atom stereocenters. The number of nitrogens with two attached hydrogens (primary N) is 1. The van der Waals surface area contributed by atoms with Crippen LogP contribution in [0.4, 0.5) is 5.69 Å². The Morgan fingerprint density at radius 3 is 2.52 bits per heavy atom. The molecule has 2 fully saturated rings. The molecule has 1 atom stereocenters. The highest BCUT2D eigenvalue weighted by Gasteiger charge is 2.31. The molecule has 7 nitrogen and oxygen atoms in total. The van der Waals surface area contributed by atoms with Crippen molar-refractivity contribution in [3.8, 4) is 5.75 Å². The van der Waals surface area contributed by atoms with Gasteiger partial charge in [0.15, 0.2) is 0 Å². The van der Waals surface area contributed by atoms with Crippen LogP contribution in [-0.2, 0) is 9.59 Å². The number of piperazine rings is 1. The summed E-state index contributed by atoms with van der Waals surface area (Å²) in [5.74, 6) is -0.522. The minimum atomic E-state index is -0.860. The third kappa shape index (κ3) is 3.87. The van der Waals surface area contributed by atoms with Crippen LogP contribution in [0, 0.1) is 0 Å². The number of hydrogen-bond acceptors (Lipinski definition) is 5. The predicted octanol–water partition coefficient (Wildman–Crippen LogP) is 0.294. The van der Waals surface area contributed by atoms with Crippen molar-refractivity contribution in [1.82, 2.24) is 9.80 Å². The smallest absolute Gasteiger partial charge is 0.311 e. The third-order valence-corrected chi connectivity index (χ3v) is 5.15. The number of rotatable bonds is 3. The van der Waals surface area contributed by atoms with E-state index < -0.39 is 11.8 Å². The Labute approximate surface area is 148 Å². The predicted molar refractivity (Wildman–Crippen MR) is 95.6 cm³/mol. The standard InChI is InChI=1S/C18H26N4O3/c1-25-16-7-3-2-6-15(16)21-11-9-20(10-12-21)14-5-4-8-22(13-14)18(24)17(19)23/h2-3,6-7,14H,4-5,8-13H2,1H3,(H2,19,23)/t14-/m1/s1. The van der Waals surface area contributed by atoms with Crippen LogP contribution in [0.2, 0.25) is 0 Å². The average Bonchev–Trinajstić information content (AvgIpc) is 2.67. The number of hydrogen-bond donors (Lipinski definition) is 1. The third-order valence-electron chi connectivity index (χ3n) is 5.15. The van der Waals surface area contributed by atoms with Crippen molar-refractivity contribution in [3.63, 3.8) is 0 Å². The van der Waals surface area contributed by atoms with Gasteiger partial charge in [0.2, 0.25) is 0 Å². The summed E-state index contributed by atoms with van der Waals surface area (Å²) in [6.45, 7) is 4.92. The van der Waals surface area contributed by atoms with Gasteiger partial charge >= 0.3 is 11.8 Å². The summed E-state index contributed by atoms with van der Waals surface area (Å²) in [6, 6.07) is 8.37. The summed E-state index contributed by atoms with van der Waals surface area (Å²) in [5.41, 5.74) is 6.26. The van der Waals surface area contributed by atoms with Gasteiger partial charge in [-0.05, 0) is 25.0 Å². The number of benzene rings is 1. The summed E-state index contributed by atoms with van der Waals surface area (Å²) < 4.78 is 5.46. The Balaban J connectivity index is 1.58. The van der Waals surface area contributed by atoms with Gasteiger partial charge in [-0.15, -0.1) is 0 Å². The molecular weight excluding hydrogens is 320 g/mol. The van der Waals surface area contributed by atoms with Crippen molar-refractivity contribution in [2.24, 2.45) is 5.73 Å². The van der Waals surface area contributed by atoms with Gasteiger partial charge in [0.1, 0.15) is 5.75 Å². The van der Waals surface area contributed by atoms with Crippen molar-refractivity contribution in [1.29, 1.82) is 0 Å². The van der Waals surface area contributed by atoms with Gasteiger partial charge in [0.05, 0.1) is 12.8 Å². The molecule has 7 heteroatoms. The van der Waals surface area contributed by atoms with Crippen LogP contribution in [0.1, 0.15) is 12.8 Å². The number of carbonyl (C=O) groups is 2. The molecule has 0 bridgehead atoms. The topological polar surface area (TPSA) is 79.1 Å². The molecule has 3 rings (SSSR count). The van der Waals surface area contributed by atoms with E-state index in [2.05, 4.69) is 15.9 Å². The van der Waals surface area contributed by atoms with Crippen LogP contribution in [0.3, 0.4) is 0 Å². The molecule has 25 heavy (non-hydrogen) atoms. The summed E-state index contributed by atoms with van der Waals surface area (Å²) in [6.07, 6.45) is 1.97. The Hall–Kier alpha value is -2.28. The Kier molecular flexibility index (Phi) is 5.43. The summed E-state index contributed by atoms with van der Waals surface area (Å²) >= 11 is 0. The monoisotopic (exact) mass is 346 g/mol. The normalized spacial score (nSPS) is 21.9. The van der Waals surface area contributed by atoms with E-state index in [0.717, 1.165) is 50.5 Å². The lowest BCUT2D eigenvalue weighted by Gasteiger charge is -2.43. The molecule has 0 aromatic heterocycles. The van der Waals surface area contributed by atoms with Crippen molar-refractivity contribution in [2.45, 2.75) is 18.9 Å². The molecule has 1 aromatic carbocycles. The van der Waals surface area contributed by atoms with E-state index in [-0.39, 0.29) is 0 Å². The van der Waals surface area contributed by atoms with E-state index >= 15 is 0 Å². The van der Waals surface area contributed by atoms with E-state index in [1.807, 2.05) is 18.2 Å². The highest BCUT2D eigenvalue weighted by atomic mass is 16.5. The van der Waals surface area contributed by atoms with E-state index in [1.54, 1.807) is 12.0 Å². The van der Waals surface area contributed by atoms with Crippen LogP contribution in [0.15, 0.2) is 24.3 Å². The number of methoxy groups -OCH3 is 1. The first-order valence-corrected chi connectivity index (χ1v) is 8.81. The zero-order valence-corrected chi connectivity index (χ0v) is 14.7. The quantitative estimate of drug-likeness (QED) is 0.796. The summed E-state index contributed by atoms with van der Waals surface area (Å²) in [7, 11) is 1.70. The molecule has 1 aromatic rings. The fourth-order valence-corrected chi connectivity index (χ4v) is 3.81. The van der Waals surface area contributed by atoms with Gasteiger partial charge in [-0.25, -0.2) is 0 Å². The molecule has 2 amide bonds. The molecule has 2 heterocycles. The summed E-state index contributed by atoms with van der Waals surface area (Å²) in [4.78, 5) is 29.3. The first-order valence-electron chi connectivity index (χ1n) is 8.81. The molecule has 2 aliphatic rings. The molecule has 136 valence electrons. The minimum absolute atomic E-state index is 0.303. The first-order chi connectivity index (χ1) is 12.1. The molecule has 2 N–H and O–H groups in total. The number of likely N-dealkylation sites (tertiary alicyclic amines) is 1. The fraction of sp³-hybridized carbons (Fsp3) is 0.556. The van der Waals surface area contributed by atoms with Crippen molar-refractivity contribution < 1.29 is 14.3 Å². The number of para-hydroxylation sites is 2. The molecule has 0 radical (unpaired) electrons. The van der Waals surface area contributed by atoms with Crippen molar-refractivity contribution in [2.75, 3.05) is 51.3 Å². The highest BCUT2D eigenvalue weighted by Crippen LogP contribution is 2.29. The lowest BCUT2D eigenvalue weighted by atomic mass is 10.0. The Morgan fingerprint density at radius 1 is 1.12 bits per heavy atom. The van der Waals surface area contributed by atoms with E-state index in [1.165, 1.54) is 0 Å². The van der Waals surface area contributed by atoms with Crippen LogP contribution < -0.4 is 15.4 Å².